The maximum Gasteiger partial charge on any atom is 0.319 e. The first-order valence-electron chi connectivity index (χ1n) is 13.7. The zero-order valence-corrected chi connectivity index (χ0v) is 21.8. The second-order valence-electron chi connectivity index (χ2n) is 11.2. The molecule has 3 aromatic carbocycles. The number of ether oxygens (including phenoxy) is 1. The summed E-state index contributed by atoms with van der Waals surface area (Å²) in [4.78, 5) is 13.7. The minimum absolute atomic E-state index is 0.0348. The van der Waals surface area contributed by atoms with E-state index >= 15 is 4.39 Å². The van der Waals surface area contributed by atoms with Crippen molar-refractivity contribution < 1.29 is 19.3 Å². The van der Waals surface area contributed by atoms with E-state index < -0.39 is 5.82 Å². The highest BCUT2D eigenvalue weighted by molar-refractivity contribution is 6.01. The molecule has 4 aromatic rings. The van der Waals surface area contributed by atoms with Crippen molar-refractivity contribution in [3.63, 3.8) is 0 Å². The Morgan fingerprint density at radius 1 is 1.00 bits per heavy atom. The number of aromatic nitrogens is 2. The number of aromatic hydroxyl groups is 1. The van der Waals surface area contributed by atoms with Gasteiger partial charge in [0.25, 0.3) is 0 Å². The van der Waals surface area contributed by atoms with Crippen molar-refractivity contribution in [2.75, 3.05) is 38.2 Å². The Bertz CT molecular complexity index is 1550. The summed E-state index contributed by atoms with van der Waals surface area (Å²) in [6.45, 7) is 2.49. The second-order valence-corrected chi connectivity index (χ2v) is 11.2. The Morgan fingerprint density at radius 2 is 1.79 bits per heavy atom. The molecule has 4 heterocycles. The number of nitrogens with zero attached hydrogens (tertiary/aromatic N) is 4. The third-order valence-corrected chi connectivity index (χ3v) is 8.49. The normalized spacial score (nSPS) is 25.2. The Hall–Kier alpha value is -3.53. The zero-order chi connectivity index (χ0) is 26.7. The molecule has 9 heteroatoms. The van der Waals surface area contributed by atoms with Crippen LogP contribution in [0.3, 0.4) is 0 Å². The number of β-amino-alcohol motifs (C(OH)–C–C–N with tert-alkyl or cyclic N) is 1. The molecule has 2 bridgehead atoms. The average molecular weight is 530 g/mol. The molecule has 1 aromatic heterocycles. The largest absolute Gasteiger partial charge is 0.508 e. The van der Waals surface area contributed by atoms with Crippen LogP contribution in [0.1, 0.15) is 19.3 Å². The van der Waals surface area contributed by atoms with Gasteiger partial charge in [0.1, 0.15) is 23.7 Å². The summed E-state index contributed by atoms with van der Waals surface area (Å²) in [5, 5.41) is 26.4. The molecule has 3 aliphatic heterocycles. The highest BCUT2D eigenvalue weighted by Crippen LogP contribution is 2.39. The molecule has 39 heavy (non-hydrogen) atoms. The number of likely N-dealkylation sites (tertiary alicyclic amines) is 1. The topological polar surface area (TPSA) is 94.0 Å². The molecule has 0 aliphatic carbocycles. The number of aliphatic hydroxyl groups excluding tert-OH is 1. The maximum atomic E-state index is 16.5. The fraction of sp³-hybridized carbons (Fsp3) is 0.400. The van der Waals surface area contributed by atoms with Gasteiger partial charge in [-0.1, -0.05) is 30.3 Å². The summed E-state index contributed by atoms with van der Waals surface area (Å²) < 4.78 is 22.5. The van der Waals surface area contributed by atoms with E-state index in [1.807, 2.05) is 37.4 Å². The molecule has 8 nitrogen and oxygen atoms in total. The van der Waals surface area contributed by atoms with E-state index in [0.717, 1.165) is 36.7 Å². The fourth-order valence-electron chi connectivity index (χ4n) is 6.54. The van der Waals surface area contributed by atoms with Gasteiger partial charge < -0.3 is 25.2 Å². The Balaban J connectivity index is 1.34. The molecule has 3 aliphatic rings. The van der Waals surface area contributed by atoms with Crippen LogP contribution in [-0.2, 0) is 0 Å². The van der Waals surface area contributed by atoms with Crippen LogP contribution in [0, 0.1) is 5.82 Å². The molecular formula is C30H32FN5O3. The molecule has 0 saturated carbocycles. The number of halogens is 1. The number of phenolic OH excluding ortho intramolecular Hbond substituents is 1. The summed E-state index contributed by atoms with van der Waals surface area (Å²) in [7, 11) is 1.96. The quantitative estimate of drug-likeness (QED) is 0.361. The van der Waals surface area contributed by atoms with Crippen molar-refractivity contribution in [1.82, 2.24) is 20.2 Å². The number of nitrogens with one attached hydrogen (secondary N) is 1. The van der Waals surface area contributed by atoms with Crippen LogP contribution in [-0.4, -0.2) is 82.6 Å². The van der Waals surface area contributed by atoms with Crippen LogP contribution in [0.4, 0.5) is 10.2 Å². The van der Waals surface area contributed by atoms with Crippen LogP contribution in [0.2, 0.25) is 0 Å². The number of benzene rings is 3. The Morgan fingerprint density at radius 3 is 2.56 bits per heavy atom. The van der Waals surface area contributed by atoms with E-state index in [1.54, 1.807) is 18.2 Å². The van der Waals surface area contributed by atoms with Gasteiger partial charge in [-0.05, 0) is 60.8 Å². The number of phenols is 1. The number of rotatable bonds is 5. The van der Waals surface area contributed by atoms with Crippen molar-refractivity contribution in [2.24, 2.45) is 0 Å². The molecule has 0 radical (unpaired) electrons. The summed E-state index contributed by atoms with van der Waals surface area (Å²) in [5.41, 5.74) is 1.17. The van der Waals surface area contributed by atoms with Crippen molar-refractivity contribution >= 4 is 27.5 Å². The summed E-state index contributed by atoms with van der Waals surface area (Å²) in [6.07, 6.45) is 2.46. The van der Waals surface area contributed by atoms with E-state index in [1.165, 1.54) is 0 Å². The standard InChI is InChI=1S/C30H32FN5O3/c1-35-15-22(38)11-20(35)16-39-30-33-28-25(29(34-30)36-13-18-6-7-19(14-36)32-18)9-8-24(27(28)31)26-12-21(37)10-17-4-2-3-5-23(17)26/h2-5,8-10,12,18-20,22,32,37-38H,6-7,11,13-16H2,1H3/t18?,19?,20-,22+/m0/s1. The minimum atomic E-state index is -0.469. The second kappa shape index (κ2) is 9.59. The van der Waals surface area contributed by atoms with E-state index in [9.17, 15) is 10.2 Å². The monoisotopic (exact) mass is 529 g/mol. The first kappa shape index (κ1) is 24.5. The van der Waals surface area contributed by atoms with Crippen molar-refractivity contribution in [2.45, 2.75) is 43.5 Å². The first-order valence-corrected chi connectivity index (χ1v) is 13.7. The molecule has 4 atom stereocenters. The molecule has 2 unspecified atom stereocenters. The lowest BCUT2D eigenvalue weighted by atomic mass is 9.96. The lowest BCUT2D eigenvalue weighted by molar-refractivity contribution is 0.182. The van der Waals surface area contributed by atoms with Gasteiger partial charge >= 0.3 is 6.01 Å². The number of likely N-dealkylation sites (N-methyl/N-ethyl adjacent to an activating group) is 1. The van der Waals surface area contributed by atoms with Gasteiger partial charge in [0.05, 0.1) is 6.10 Å². The van der Waals surface area contributed by atoms with Crippen molar-refractivity contribution in [1.29, 1.82) is 0 Å². The van der Waals surface area contributed by atoms with Gasteiger partial charge in [-0.15, -0.1) is 0 Å². The van der Waals surface area contributed by atoms with Crippen LogP contribution in [0.5, 0.6) is 11.8 Å². The number of fused-ring (bicyclic) bond motifs is 4. The maximum absolute atomic E-state index is 16.5. The number of aliphatic hydroxyl groups is 1. The van der Waals surface area contributed by atoms with Gasteiger partial charge in [-0.3, -0.25) is 4.90 Å². The highest BCUT2D eigenvalue weighted by atomic mass is 19.1. The molecule has 7 rings (SSSR count). The summed E-state index contributed by atoms with van der Waals surface area (Å²) in [5.74, 6) is 0.289. The lowest BCUT2D eigenvalue weighted by Gasteiger charge is -2.34. The first-order chi connectivity index (χ1) is 18.9. The van der Waals surface area contributed by atoms with Gasteiger partial charge in [-0.2, -0.15) is 9.97 Å². The Kier molecular flexibility index (Phi) is 6.02. The van der Waals surface area contributed by atoms with E-state index in [2.05, 4.69) is 20.1 Å². The van der Waals surface area contributed by atoms with Crippen LogP contribution in [0.15, 0.2) is 48.5 Å². The van der Waals surface area contributed by atoms with E-state index in [0.29, 0.717) is 54.0 Å². The molecule has 3 N–H and O–H groups in total. The van der Waals surface area contributed by atoms with Crippen molar-refractivity contribution in [3.8, 4) is 22.9 Å². The lowest BCUT2D eigenvalue weighted by Crippen LogP contribution is -2.51. The fourth-order valence-corrected chi connectivity index (χ4v) is 6.54. The van der Waals surface area contributed by atoms with E-state index in [-0.39, 0.29) is 29.4 Å². The minimum Gasteiger partial charge on any atom is -0.508 e. The summed E-state index contributed by atoms with van der Waals surface area (Å²) >= 11 is 0. The van der Waals surface area contributed by atoms with E-state index in [4.69, 9.17) is 9.72 Å². The van der Waals surface area contributed by atoms with Crippen LogP contribution >= 0.6 is 0 Å². The van der Waals surface area contributed by atoms with Gasteiger partial charge in [0.15, 0.2) is 5.82 Å². The summed E-state index contributed by atoms with van der Waals surface area (Å²) in [6, 6.07) is 15.5. The molecule has 202 valence electrons. The molecule has 3 fully saturated rings. The van der Waals surface area contributed by atoms with Gasteiger partial charge in [-0.25, -0.2) is 4.39 Å². The number of anilines is 1. The van der Waals surface area contributed by atoms with Gasteiger partial charge in [0.2, 0.25) is 0 Å². The van der Waals surface area contributed by atoms with Crippen LogP contribution < -0.4 is 15.0 Å². The SMILES string of the molecule is CN1C[C@H](O)C[C@H]1COc1nc(N2CC3CCC(C2)N3)c2ccc(-c3cc(O)cc4ccccc34)c(F)c2n1. The number of hydrogen-bond donors (Lipinski definition) is 3. The molecule has 0 amide bonds. The third-order valence-electron chi connectivity index (χ3n) is 8.49. The van der Waals surface area contributed by atoms with Gasteiger partial charge in [0, 0.05) is 48.7 Å². The van der Waals surface area contributed by atoms with Crippen LogP contribution in [0.25, 0.3) is 32.8 Å². The number of piperazine rings is 1. The number of hydrogen-bond acceptors (Lipinski definition) is 8. The zero-order valence-electron chi connectivity index (χ0n) is 21.8. The molecule has 0 spiro atoms. The predicted molar refractivity (Wildman–Crippen MR) is 149 cm³/mol. The van der Waals surface area contributed by atoms with Crippen molar-refractivity contribution in [3.05, 3.63) is 54.3 Å². The molecule has 3 saturated heterocycles. The molecular weight excluding hydrogens is 497 g/mol. The highest BCUT2D eigenvalue weighted by Gasteiger charge is 2.34. The smallest absolute Gasteiger partial charge is 0.319 e. The third kappa shape index (κ3) is 4.44. The average Bonchev–Trinajstić information content (AvgIpc) is 3.44. The Labute approximate surface area is 226 Å². The predicted octanol–water partition coefficient (Wildman–Crippen LogP) is 3.68.